The highest BCUT2D eigenvalue weighted by Gasteiger charge is 2.21. The summed E-state index contributed by atoms with van der Waals surface area (Å²) in [6.45, 7) is 1.90. The fourth-order valence-corrected chi connectivity index (χ4v) is 2.89. The summed E-state index contributed by atoms with van der Waals surface area (Å²) in [5.74, 6) is 0.254. The van der Waals surface area contributed by atoms with Crippen LogP contribution in [0.2, 0.25) is 5.02 Å². The normalized spacial score (nSPS) is 11.6. The van der Waals surface area contributed by atoms with Gasteiger partial charge < -0.3 is 10.6 Å². The maximum atomic E-state index is 12.6. The lowest BCUT2D eigenvalue weighted by Crippen LogP contribution is -2.44. The van der Waals surface area contributed by atoms with Crippen molar-refractivity contribution >= 4 is 40.9 Å². The number of hydrogen-bond acceptors (Lipinski definition) is 3. The summed E-state index contributed by atoms with van der Waals surface area (Å²) in [6.07, 6.45) is 2.51. The molecular weight excluding hydrogens is 356 g/mol. The van der Waals surface area contributed by atoms with Gasteiger partial charge >= 0.3 is 0 Å². The van der Waals surface area contributed by atoms with Gasteiger partial charge in [-0.05, 0) is 55.2 Å². The van der Waals surface area contributed by atoms with E-state index in [-0.39, 0.29) is 11.8 Å². The Labute approximate surface area is 157 Å². The summed E-state index contributed by atoms with van der Waals surface area (Å²) in [6, 6.07) is 13.6. The number of carbonyl (C=O) groups excluding carboxylic acids is 2. The van der Waals surface area contributed by atoms with Crippen LogP contribution < -0.4 is 10.6 Å². The molecule has 25 heavy (non-hydrogen) atoms. The lowest BCUT2D eigenvalue weighted by molar-refractivity contribution is -0.118. The van der Waals surface area contributed by atoms with Gasteiger partial charge in [-0.25, -0.2) is 0 Å². The highest BCUT2D eigenvalue weighted by molar-refractivity contribution is 7.98. The molecule has 0 saturated heterocycles. The topological polar surface area (TPSA) is 58.2 Å². The molecule has 2 amide bonds. The Hall–Kier alpha value is -1.98. The first-order valence-corrected chi connectivity index (χ1v) is 9.70. The third-order valence-corrected chi connectivity index (χ3v) is 4.76. The molecule has 0 aromatic heterocycles. The molecule has 1 unspecified atom stereocenters. The minimum absolute atomic E-state index is 0.252. The van der Waals surface area contributed by atoms with E-state index in [9.17, 15) is 9.59 Å². The van der Waals surface area contributed by atoms with Crippen LogP contribution in [0.25, 0.3) is 0 Å². The molecule has 0 heterocycles. The van der Waals surface area contributed by atoms with Gasteiger partial charge in [0.15, 0.2) is 0 Å². The van der Waals surface area contributed by atoms with Crippen molar-refractivity contribution in [1.82, 2.24) is 5.32 Å². The van der Waals surface area contributed by atoms with Gasteiger partial charge in [0.05, 0.1) is 0 Å². The molecule has 0 aliphatic rings. The van der Waals surface area contributed by atoms with E-state index in [0.29, 0.717) is 22.7 Å². The van der Waals surface area contributed by atoms with Crippen LogP contribution in [0.15, 0.2) is 48.5 Å². The van der Waals surface area contributed by atoms with Gasteiger partial charge in [0, 0.05) is 16.3 Å². The van der Waals surface area contributed by atoms with Crippen molar-refractivity contribution in [2.75, 3.05) is 17.3 Å². The van der Waals surface area contributed by atoms with Crippen molar-refractivity contribution in [2.45, 2.75) is 19.4 Å². The summed E-state index contributed by atoms with van der Waals surface area (Å²) in [5, 5.41) is 6.23. The number of hydrogen-bond donors (Lipinski definition) is 2. The Kier molecular flexibility index (Phi) is 7.34. The molecule has 0 aliphatic heterocycles. The van der Waals surface area contributed by atoms with Gasteiger partial charge in [0.2, 0.25) is 5.91 Å². The Bertz CT molecular complexity index is 737. The molecule has 0 fully saturated rings. The highest BCUT2D eigenvalue weighted by Crippen LogP contribution is 2.20. The number of rotatable bonds is 7. The van der Waals surface area contributed by atoms with E-state index in [1.54, 1.807) is 48.2 Å². The molecule has 0 aliphatic carbocycles. The van der Waals surface area contributed by atoms with Gasteiger partial charge in [-0.3, -0.25) is 9.59 Å². The fourth-order valence-electron chi connectivity index (χ4n) is 2.24. The third-order valence-electron chi connectivity index (χ3n) is 3.71. The monoisotopic (exact) mass is 376 g/mol. The quantitative estimate of drug-likeness (QED) is 0.763. The first-order valence-electron chi connectivity index (χ1n) is 7.93. The lowest BCUT2D eigenvalue weighted by Gasteiger charge is -2.18. The number of halogens is 1. The summed E-state index contributed by atoms with van der Waals surface area (Å²) < 4.78 is 0. The Morgan fingerprint density at radius 3 is 2.52 bits per heavy atom. The average Bonchev–Trinajstić information content (AvgIpc) is 2.62. The Morgan fingerprint density at radius 2 is 1.88 bits per heavy atom. The molecule has 2 N–H and O–H groups in total. The maximum absolute atomic E-state index is 12.6. The standard InChI is InChI=1S/C19H21ClN2O2S/c1-13-8-9-15(12-16(13)20)21-19(24)17(10-11-25-2)22-18(23)14-6-4-3-5-7-14/h3-9,12,17H,10-11H2,1-2H3,(H,21,24)(H,22,23). The Balaban J connectivity index is 2.08. The van der Waals surface area contributed by atoms with E-state index in [1.807, 2.05) is 25.3 Å². The van der Waals surface area contributed by atoms with E-state index in [1.165, 1.54) is 0 Å². The van der Waals surface area contributed by atoms with E-state index in [4.69, 9.17) is 11.6 Å². The van der Waals surface area contributed by atoms with Crippen LogP contribution in [0.1, 0.15) is 22.3 Å². The second-order valence-corrected chi connectivity index (χ2v) is 7.02. The minimum Gasteiger partial charge on any atom is -0.340 e. The van der Waals surface area contributed by atoms with Crippen LogP contribution >= 0.6 is 23.4 Å². The fraction of sp³-hybridized carbons (Fsp3) is 0.263. The van der Waals surface area contributed by atoms with Crippen molar-refractivity contribution in [2.24, 2.45) is 0 Å². The van der Waals surface area contributed by atoms with Crippen LogP contribution in [-0.4, -0.2) is 29.9 Å². The second-order valence-electron chi connectivity index (χ2n) is 5.63. The number of nitrogens with one attached hydrogen (secondary N) is 2. The van der Waals surface area contributed by atoms with E-state index in [2.05, 4.69) is 10.6 Å². The third kappa shape index (κ3) is 5.80. The van der Waals surface area contributed by atoms with Gasteiger partial charge in [0.1, 0.15) is 6.04 Å². The number of amides is 2. The van der Waals surface area contributed by atoms with Crippen LogP contribution in [0.4, 0.5) is 5.69 Å². The van der Waals surface area contributed by atoms with Crippen LogP contribution in [0.3, 0.4) is 0 Å². The zero-order valence-electron chi connectivity index (χ0n) is 14.2. The average molecular weight is 377 g/mol. The molecule has 4 nitrogen and oxygen atoms in total. The first-order chi connectivity index (χ1) is 12.0. The smallest absolute Gasteiger partial charge is 0.251 e. The van der Waals surface area contributed by atoms with Crippen molar-refractivity contribution in [3.8, 4) is 0 Å². The van der Waals surface area contributed by atoms with Crippen LogP contribution in [0.5, 0.6) is 0 Å². The van der Waals surface area contributed by atoms with Crippen molar-refractivity contribution in [1.29, 1.82) is 0 Å². The first kappa shape index (κ1) is 19.3. The summed E-state index contributed by atoms with van der Waals surface area (Å²) >= 11 is 7.73. The molecule has 1 atom stereocenters. The van der Waals surface area contributed by atoms with Crippen molar-refractivity contribution < 1.29 is 9.59 Å². The molecule has 132 valence electrons. The molecular formula is C19H21ClN2O2S. The number of benzene rings is 2. The van der Waals surface area contributed by atoms with Crippen molar-refractivity contribution in [3.63, 3.8) is 0 Å². The van der Waals surface area contributed by atoms with Gasteiger partial charge in [-0.15, -0.1) is 0 Å². The van der Waals surface area contributed by atoms with Crippen LogP contribution in [-0.2, 0) is 4.79 Å². The van der Waals surface area contributed by atoms with Crippen LogP contribution in [0, 0.1) is 6.92 Å². The summed E-state index contributed by atoms with van der Waals surface area (Å²) in [4.78, 5) is 25.0. The molecule has 2 rings (SSSR count). The molecule has 2 aromatic rings. The predicted octanol–water partition coefficient (Wildman–Crippen LogP) is 4.14. The van der Waals surface area contributed by atoms with Gasteiger partial charge in [-0.1, -0.05) is 35.9 Å². The summed E-state index contributed by atoms with van der Waals surface area (Å²) in [5.41, 5.74) is 2.09. The van der Waals surface area contributed by atoms with E-state index >= 15 is 0 Å². The molecule has 6 heteroatoms. The largest absolute Gasteiger partial charge is 0.340 e. The molecule has 2 aromatic carbocycles. The molecule has 0 saturated carbocycles. The van der Waals surface area contributed by atoms with Gasteiger partial charge in [-0.2, -0.15) is 11.8 Å². The van der Waals surface area contributed by atoms with Crippen molar-refractivity contribution in [3.05, 3.63) is 64.7 Å². The number of thioether (sulfide) groups is 1. The van der Waals surface area contributed by atoms with E-state index < -0.39 is 6.04 Å². The van der Waals surface area contributed by atoms with Gasteiger partial charge in [0.25, 0.3) is 5.91 Å². The molecule has 0 radical (unpaired) electrons. The zero-order chi connectivity index (χ0) is 18.2. The molecule has 0 spiro atoms. The Morgan fingerprint density at radius 1 is 1.16 bits per heavy atom. The number of anilines is 1. The second kappa shape index (κ2) is 9.49. The van der Waals surface area contributed by atoms with E-state index in [0.717, 1.165) is 11.3 Å². The molecule has 0 bridgehead atoms. The lowest BCUT2D eigenvalue weighted by atomic mass is 10.1. The maximum Gasteiger partial charge on any atom is 0.251 e. The highest BCUT2D eigenvalue weighted by atomic mass is 35.5. The zero-order valence-corrected chi connectivity index (χ0v) is 15.8. The predicted molar refractivity (Wildman–Crippen MR) is 106 cm³/mol. The number of carbonyl (C=O) groups is 2. The number of aryl methyl sites for hydroxylation is 1. The summed E-state index contributed by atoms with van der Waals surface area (Å²) in [7, 11) is 0. The minimum atomic E-state index is -0.611. The SMILES string of the molecule is CSCCC(NC(=O)c1ccccc1)C(=O)Nc1ccc(C)c(Cl)c1.